The van der Waals surface area contributed by atoms with E-state index in [-0.39, 0.29) is 44.9 Å². The predicted octanol–water partition coefficient (Wildman–Crippen LogP) is 3.94. The van der Waals surface area contributed by atoms with Gasteiger partial charge in [0.2, 0.25) is 11.8 Å². The fraction of sp³-hybridized carbons (Fsp3) is 0.649. The summed E-state index contributed by atoms with van der Waals surface area (Å²) < 4.78 is 42.1. The van der Waals surface area contributed by atoms with Crippen molar-refractivity contribution in [2.45, 2.75) is 140 Å². The lowest BCUT2D eigenvalue weighted by atomic mass is 10.0. The molecule has 5 amide bonds. The minimum absolute atomic E-state index is 0.0935. The molecule has 5 aliphatic rings. The highest BCUT2D eigenvalue weighted by Gasteiger charge is 2.62. The Kier molecular flexibility index (Phi) is 11.8. The summed E-state index contributed by atoms with van der Waals surface area (Å²) in [7, 11) is -4.23. The minimum Gasteiger partial charge on any atom is -0.444 e. The standard InChI is InChI=1S/C37H51ClN6O9S/c1-36(2,3)53-34(48)39-29-17-8-6-4-5-7-13-24-19-37(24,33(47)42-54(50,51)41-25-14-9-10-15-25)40-31(45)30-18-26(21-44(30)32(29)46)52-35(49)43-20-23-12-11-16-28(38)27(23)22-43/h7,11-13,16,24-26,29-30,41H,4-6,8-10,14-15,17-22H2,1-3H3,(H,39,48)(H,40,45)(H,42,47)/b13-7-/t24-,26+,29-,30-,37+/m0/s1. The maximum absolute atomic E-state index is 14.4. The van der Waals surface area contributed by atoms with E-state index in [1.54, 1.807) is 32.9 Å². The van der Waals surface area contributed by atoms with Crippen LogP contribution >= 0.6 is 11.6 Å². The third-order valence-corrected chi connectivity index (χ3v) is 12.1. The maximum Gasteiger partial charge on any atom is 0.410 e. The average molecular weight is 791 g/mol. The summed E-state index contributed by atoms with van der Waals surface area (Å²) in [6.45, 7) is 5.48. The zero-order valence-electron chi connectivity index (χ0n) is 31.0. The van der Waals surface area contributed by atoms with Crippen molar-refractivity contribution in [2.75, 3.05) is 6.54 Å². The van der Waals surface area contributed by atoms with E-state index in [0.29, 0.717) is 30.7 Å². The van der Waals surface area contributed by atoms with Crippen molar-refractivity contribution in [3.05, 3.63) is 46.5 Å². The second kappa shape index (κ2) is 16.1. The predicted molar refractivity (Wildman–Crippen MR) is 198 cm³/mol. The molecule has 6 rings (SSSR count). The van der Waals surface area contributed by atoms with Crippen molar-refractivity contribution in [2.24, 2.45) is 5.92 Å². The number of nitrogens with one attached hydrogen (secondary N) is 4. The third kappa shape index (κ3) is 9.48. The Labute approximate surface area is 321 Å². The van der Waals surface area contributed by atoms with Crippen LogP contribution in [0.4, 0.5) is 9.59 Å². The lowest BCUT2D eigenvalue weighted by molar-refractivity contribution is -0.141. The SMILES string of the molecule is CC(C)(C)OC(=O)N[C@H]1CCCCC/C=C\[C@H]2C[C@@]2(C(=O)NS(=O)(=O)NC2CCCC2)NC(=O)[C@@H]2C[C@@H](OC(=O)N3Cc4cccc(Cl)c4C3)CN2C1=O. The average Bonchev–Trinajstić information content (AvgIpc) is 3.50. The molecule has 3 heterocycles. The molecule has 5 atom stereocenters. The number of amides is 5. The van der Waals surface area contributed by atoms with E-state index < -0.39 is 75.4 Å². The molecule has 3 aliphatic heterocycles. The zero-order valence-corrected chi connectivity index (χ0v) is 32.6. The lowest BCUT2D eigenvalue weighted by Gasteiger charge is -2.30. The first-order valence-electron chi connectivity index (χ1n) is 18.9. The molecule has 1 aromatic rings. The summed E-state index contributed by atoms with van der Waals surface area (Å²) in [4.78, 5) is 71.6. The first-order chi connectivity index (χ1) is 25.5. The molecule has 0 radical (unpaired) electrons. The molecular formula is C37H51ClN6O9S. The van der Waals surface area contributed by atoms with Crippen LogP contribution < -0.4 is 20.1 Å². The Morgan fingerprint density at radius 1 is 1.02 bits per heavy atom. The second-order valence-corrected chi connectivity index (χ2v) is 17.9. The van der Waals surface area contributed by atoms with Gasteiger partial charge in [0.1, 0.15) is 29.3 Å². The smallest absolute Gasteiger partial charge is 0.410 e. The van der Waals surface area contributed by atoms with Gasteiger partial charge in [0.05, 0.1) is 13.1 Å². The van der Waals surface area contributed by atoms with E-state index in [9.17, 15) is 32.4 Å². The van der Waals surface area contributed by atoms with Gasteiger partial charge in [-0.05, 0) is 76.5 Å². The molecule has 4 N–H and O–H groups in total. The minimum atomic E-state index is -4.23. The zero-order chi connectivity index (χ0) is 38.8. The van der Waals surface area contributed by atoms with Gasteiger partial charge in [-0.1, -0.05) is 61.6 Å². The van der Waals surface area contributed by atoms with Gasteiger partial charge in [-0.15, -0.1) is 0 Å². The third-order valence-electron chi connectivity index (χ3n) is 10.7. The van der Waals surface area contributed by atoms with E-state index >= 15 is 0 Å². The van der Waals surface area contributed by atoms with Crippen LogP contribution in [0.25, 0.3) is 0 Å². The van der Waals surface area contributed by atoms with Crippen molar-refractivity contribution in [1.82, 2.24) is 29.9 Å². The number of alkyl carbamates (subject to hydrolysis) is 1. The number of rotatable bonds is 6. The number of ether oxygens (including phenoxy) is 2. The Bertz CT molecular complexity index is 1780. The number of fused-ring (bicyclic) bond motifs is 3. The van der Waals surface area contributed by atoms with E-state index in [2.05, 4.69) is 20.1 Å². The van der Waals surface area contributed by atoms with Crippen LogP contribution in [0.1, 0.15) is 103 Å². The Morgan fingerprint density at radius 3 is 2.48 bits per heavy atom. The molecule has 17 heteroatoms. The van der Waals surface area contributed by atoms with Crippen molar-refractivity contribution >= 4 is 51.7 Å². The van der Waals surface area contributed by atoms with Gasteiger partial charge in [0.15, 0.2) is 0 Å². The summed E-state index contributed by atoms with van der Waals surface area (Å²) in [5.74, 6) is -2.64. The van der Waals surface area contributed by atoms with Gasteiger partial charge in [-0.25, -0.2) is 14.3 Å². The van der Waals surface area contributed by atoms with Gasteiger partial charge in [-0.2, -0.15) is 13.1 Å². The number of hydrogen-bond donors (Lipinski definition) is 4. The molecule has 15 nitrogen and oxygen atoms in total. The molecule has 54 heavy (non-hydrogen) atoms. The van der Waals surface area contributed by atoms with E-state index in [0.717, 1.165) is 36.8 Å². The van der Waals surface area contributed by atoms with Crippen molar-refractivity contribution in [1.29, 1.82) is 0 Å². The van der Waals surface area contributed by atoms with E-state index in [1.165, 1.54) is 9.80 Å². The molecule has 296 valence electrons. The van der Waals surface area contributed by atoms with Gasteiger partial charge in [-0.3, -0.25) is 19.3 Å². The molecule has 0 unspecified atom stereocenters. The maximum atomic E-state index is 14.4. The quantitative estimate of drug-likeness (QED) is 0.309. The number of carbonyl (C=O) groups excluding carboxylic acids is 5. The highest BCUT2D eigenvalue weighted by atomic mass is 35.5. The molecule has 3 fully saturated rings. The second-order valence-electron chi connectivity index (χ2n) is 16.1. The number of benzene rings is 1. The van der Waals surface area contributed by atoms with Crippen LogP contribution in [-0.2, 0) is 47.2 Å². The number of hydrogen-bond acceptors (Lipinski definition) is 9. The Hall–Kier alpha value is -3.89. The van der Waals surface area contributed by atoms with Gasteiger partial charge in [0.25, 0.3) is 5.91 Å². The molecule has 0 spiro atoms. The van der Waals surface area contributed by atoms with Crippen LogP contribution in [0.2, 0.25) is 5.02 Å². The van der Waals surface area contributed by atoms with Crippen LogP contribution in [-0.4, -0.2) is 90.0 Å². The summed E-state index contributed by atoms with van der Waals surface area (Å²) in [5, 5.41) is 6.04. The number of halogens is 1. The summed E-state index contributed by atoms with van der Waals surface area (Å²) in [6, 6.07) is 2.88. The van der Waals surface area contributed by atoms with Gasteiger partial charge < -0.3 is 25.0 Å². The molecular weight excluding hydrogens is 740 g/mol. The summed E-state index contributed by atoms with van der Waals surface area (Å²) >= 11 is 6.37. The number of carbonyl (C=O) groups is 5. The van der Waals surface area contributed by atoms with E-state index in [1.807, 2.05) is 18.2 Å². The first-order valence-corrected chi connectivity index (χ1v) is 20.7. The van der Waals surface area contributed by atoms with Crippen LogP contribution in [0.3, 0.4) is 0 Å². The van der Waals surface area contributed by atoms with Crippen LogP contribution in [0.15, 0.2) is 30.4 Å². The monoisotopic (exact) mass is 790 g/mol. The summed E-state index contributed by atoms with van der Waals surface area (Å²) in [6.07, 6.45) is 7.57. The highest BCUT2D eigenvalue weighted by Crippen LogP contribution is 2.46. The fourth-order valence-corrected chi connectivity index (χ4v) is 9.26. The normalized spacial score (nSPS) is 28.4. The Balaban J connectivity index is 1.24. The topological polar surface area (TPSA) is 193 Å². The Morgan fingerprint density at radius 2 is 1.76 bits per heavy atom. The highest BCUT2D eigenvalue weighted by molar-refractivity contribution is 7.88. The van der Waals surface area contributed by atoms with Crippen molar-refractivity contribution < 1.29 is 41.9 Å². The fourth-order valence-electron chi connectivity index (χ4n) is 7.85. The van der Waals surface area contributed by atoms with Crippen molar-refractivity contribution in [3.8, 4) is 0 Å². The molecule has 0 bridgehead atoms. The van der Waals surface area contributed by atoms with Crippen LogP contribution in [0.5, 0.6) is 0 Å². The summed E-state index contributed by atoms with van der Waals surface area (Å²) in [5.41, 5.74) is -0.709. The first kappa shape index (κ1) is 39.8. The molecule has 2 saturated carbocycles. The lowest BCUT2D eigenvalue weighted by Crippen LogP contribution is -2.59. The van der Waals surface area contributed by atoms with E-state index in [4.69, 9.17) is 21.1 Å². The molecule has 0 aromatic heterocycles. The largest absolute Gasteiger partial charge is 0.444 e. The molecule has 1 aromatic carbocycles. The van der Waals surface area contributed by atoms with Gasteiger partial charge >= 0.3 is 22.4 Å². The molecule has 2 aliphatic carbocycles. The number of nitrogens with zero attached hydrogens (tertiary/aromatic N) is 2. The van der Waals surface area contributed by atoms with Crippen LogP contribution in [0, 0.1) is 5.92 Å². The van der Waals surface area contributed by atoms with Gasteiger partial charge in [0, 0.05) is 29.9 Å². The number of allylic oxidation sites excluding steroid dienone is 1. The molecule has 1 saturated heterocycles. The van der Waals surface area contributed by atoms with Crippen molar-refractivity contribution in [3.63, 3.8) is 0 Å².